The lowest BCUT2D eigenvalue weighted by molar-refractivity contribution is 0.00789. The number of phenolic OH excluding ortho intramolecular Hbond substituents is 1. The fourth-order valence-electron chi connectivity index (χ4n) is 4.89. The van der Waals surface area contributed by atoms with Crippen molar-refractivity contribution in [3.8, 4) is 45.8 Å². The summed E-state index contributed by atoms with van der Waals surface area (Å²) >= 11 is 6.59. The number of benzene rings is 2. The Morgan fingerprint density at radius 3 is 2.62 bits per heavy atom. The van der Waals surface area contributed by atoms with Crippen molar-refractivity contribution in [1.82, 2.24) is 9.97 Å². The maximum absolute atomic E-state index is 10.5. The van der Waals surface area contributed by atoms with Crippen LogP contribution in [0.15, 0.2) is 48.5 Å². The molecule has 37 heavy (non-hydrogen) atoms. The zero-order chi connectivity index (χ0) is 25.7. The third-order valence-corrected chi connectivity index (χ3v) is 7.03. The van der Waals surface area contributed by atoms with Gasteiger partial charge < -0.3 is 34.1 Å². The number of phenols is 1. The van der Waals surface area contributed by atoms with Crippen LogP contribution in [0.25, 0.3) is 33.4 Å². The van der Waals surface area contributed by atoms with E-state index in [0.717, 1.165) is 11.1 Å². The van der Waals surface area contributed by atoms with Crippen LogP contribution in [0.1, 0.15) is 5.56 Å². The largest absolute Gasteiger partial charge is 0.504 e. The van der Waals surface area contributed by atoms with Gasteiger partial charge in [-0.25, -0.2) is 4.98 Å². The summed E-state index contributed by atoms with van der Waals surface area (Å²) in [7, 11) is 1.50. The van der Waals surface area contributed by atoms with Gasteiger partial charge in [0.15, 0.2) is 17.6 Å². The number of aliphatic hydroxyl groups is 1. The molecule has 0 saturated carbocycles. The quantitative estimate of drug-likeness (QED) is 0.360. The summed E-state index contributed by atoms with van der Waals surface area (Å²) in [6, 6.07) is 16.6. The molecular weight excluding hydrogens is 498 g/mol. The molecule has 4 aromatic rings. The molecule has 2 fully saturated rings. The first kappa shape index (κ1) is 23.6. The normalized spacial score (nSPS) is 22.6. The number of rotatable bonds is 5. The number of halogens is 1. The van der Waals surface area contributed by atoms with Gasteiger partial charge in [-0.3, -0.25) is 0 Å². The molecule has 6 rings (SSSR count). The minimum atomic E-state index is -0.695. The van der Waals surface area contributed by atoms with Gasteiger partial charge in [0.2, 0.25) is 5.88 Å². The first-order valence-corrected chi connectivity index (χ1v) is 12.0. The minimum absolute atomic E-state index is 0.0605. The van der Waals surface area contributed by atoms with Gasteiger partial charge in [0.25, 0.3) is 0 Å². The molecule has 9 nitrogen and oxygen atoms in total. The Morgan fingerprint density at radius 2 is 1.86 bits per heavy atom. The second-order valence-corrected chi connectivity index (χ2v) is 9.32. The Labute approximate surface area is 216 Å². The second kappa shape index (κ2) is 9.25. The van der Waals surface area contributed by atoms with Crippen molar-refractivity contribution < 1.29 is 29.2 Å². The molecule has 188 valence electrons. The molecule has 4 atom stereocenters. The van der Waals surface area contributed by atoms with Gasteiger partial charge in [-0.05, 0) is 17.7 Å². The molecule has 2 aromatic heterocycles. The maximum atomic E-state index is 10.5. The van der Waals surface area contributed by atoms with Gasteiger partial charge in [-0.15, -0.1) is 0 Å². The van der Waals surface area contributed by atoms with Crippen molar-refractivity contribution >= 4 is 22.6 Å². The highest BCUT2D eigenvalue weighted by Crippen LogP contribution is 2.39. The van der Waals surface area contributed by atoms with E-state index in [1.54, 1.807) is 18.2 Å². The highest BCUT2D eigenvalue weighted by Gasteiger charge is 2.48. The number of H-pyrrole nitrogens is 1. The van der Waals surface area contributed by atoms with E-state index in [0.29, 0.717) is 33.1 Å². The Balaban J connectivity index is 1.33. The summed E-state index contributed by atoms with van der Waals surface area (Å²) in [5, 5.41) is 30.8. The summed E-state index contributed by atoms with van der Waals surface area (Å²) in [5.41, 5.74) is 3.90. The first-order chi connectivity index (χ1) is 18.0. The summed E-state index contributed by atoms with van der Waals surface area (Å²) in [6.45, 7) is 0.422. The number of nitriles is 1. The number of methoxy groups -OCH3 is 1. The van der Waals surface area contributed by atoms with Crippen molar-refractivity contribution in [2.45, 2.75) is 24.4 Å². The van der Waals surface area contributed by atoms with E-state index in [4.69, 9.17) is 35.5 Å². The molecule has 0 amide bonds. The van der Waals surface area contributed by atoms with Crippen LogP contribution in [0.2, 0.25) is 5.02 Å². The van der Waals surface area contributed by atoms with Crippen LogP contribution in [0.3, 0.4) is 0 Å². The first-order valence-electron chi connectivity index (χ1n) is 11.7. The fraction of sp³-hybridized carbons (Fsp3) is 0.259. The number of pyridine rings is 1. The number of hydrogen-bond acceptors (Lipinski definition) is 8. The number of aromatic nitrogens is 2. The zero-order valence-electron chi connectivity index (χ0n) is 19.6. The van der Waals surface area contributed by atoms with Crippen molar-refractivity contribution in [1.29, 1.82) is 5.26 Å². The molecule has 0 bridgehead atoms. The number of para-hydroxylation sites is 1. The van der Waals surface area contributed by atoms with Gasteiger partial charge in [-0.1, -0.05) is 48.0 Å². The highest BCUT2D eigenvalue weighted by atomic mass is 35.5. The molecule has 2 aromatic carbocycles. The Bertz CT molecular complexity index is 1530. The molecule has 0 aliphatic carbocycles. The van der Waals surface area contributed by atoms with Gasteiger partial charge >= 0.3 is 0 Å². The number of aromatic hydroxyl groups is 1. The lowest BCUT2D eigenvalue weighted by Crippen LogP contribution is -2.34. The third kappa shape index (κ3) is 3.95. The number of fused-ring (bicyclic) bond motifs is 2. The van der Waals surface area contributed by atoms with E-state index in [2.05, 4.69) is 11.1 Å². The van der Waals surface area contributed by atoms with Crippen LogP contribution < -0.4 is 9.47 Å². The highest BCUT2D eigenvalue weighted by molar-refractivity contribution is 6.33. The van der Waals surface area contributed by atoms with E-state index < -0.39 is 24.4 Å². The third-order valence-electron chi connectivity index (χ3n) is 6.74. The zero-order valence-corrected chi connectivity index (χ0v) is 20.4. The molecule has 0 radical (unpaired) electrons. The van der Waals surface area contributed by atoms with Gasteiger partial charge in [0, 0.05) is 11.1 Å². The predicted octanol–water partition coefficient (Wildman–Crippen LogP) is 4.04. The average molecular weight is 520 g/mol. The summed E-state index contributed by atoms with van der Waals surface area (Å²) in [5.74, 6) is 0.702. The summed E-state index contributed by atoms with van der Waals surface area (Å²) in [6.07, 6.45) is -2.03. The molecule has 2 saturated heterocycles. The molecule has 2 aliphatic heterocycles. The lowest BCUT2D eigenvalue weighted by Gasteiger charge is -2.16. The van der Waals surface area contributed by atoms with Crippen LogP contribution in [-0.2, 0) is 9.47 Å². The van der Waals surface area contributed by atoms with Crippen LogP contribution >= 0.6 is 11.6 Å². The van der Waals surface area contributed by atoms with Crippen LogP contribution in [0.5, 0.6) is 17.4 Å². The molecular formula is C27H22ClN3O6. The van der Waals surface area contributed by atoms with Crippen molar-refractivity contribution in [2.24, 2.45) is 0 Å². The lowest BCUT2D eigenvalue weighted by atomic mass is 10.0. The van der Waals surface area contributed by atoms with Gasteiger partial charge in [-0.2, -0.15) is 5.26 Å². The predicted molar refractivity (Wildman–Crippen MR) is 135 cm³/mol. The van der Waals surface area contributed by atoms with Gasteiger partial charge in [0.1, 0.15) is 35.5 Å². The molecule has 10 heteroatoms. The number of aliphatic hydroxyl groups excluding tert-OH is 1. The van der Waals surface area contributed by atoms with Crippen LogP contribution in [0.4, 0.5) is 0 Å². The number of nitrogens with one attached hydrogen (secondary N) is 1. The van der Waals surface area contributed by atoms with Crippen molar-refractivity contribution in [3.63, 3.8) is 0 Å². The standard InChI is InChI=1S/C27H22ClN3O6/c1-34-20-4-2-3-15(24(20)33)13-5-7-14(8-6-13)22-17(28)9-18-23(31-22)16(10-29)27(30-18)37-21-12-36-25-19(32)11-35-26(21)25/h2-9,19,21,25-26,30,32-33H,11-12H2,1H3/t19-,21-,25-,26-/m1/s1. The Morgan fingerprint density at radius 1 is 1.11 bits per heavy atom. The summed E-state index contributed by atoms with van der Waals surface area (Å²) < 4.78 is 22.5. The number of nitrogens with zero attached hydrogens (tertiary/aromatic N) is 2. The monoisotopic (exact) mass is 519 g/mol. The second-order valence-electron chi connectivity index (χ2n) is 8.91. The van der Waals surface area contributed by atoms with E-state index >= 15 is 0 Å². The van der Waals surface area contributed by atoms with E-state index in [1.807, 2.05) is 30.3 Å². The van der Waals surface area contributed by atoms with Crippen LogP contribution in [-0.4, -0.2) is 64.9 Å². The van der Waals surface area contributed by atoms with E-state index in [1.165, 1.54) is 7.11 Å². The molecule has 2 aliphatic rings. The van der Waals surface area contributed by atoms with E-state index in [9.17, 15) is 15.5 Å². The molecule has 4 heterocycles. The van der Waals surface area contributed by atoms with Gasteiger partial charge in [0.05, 0.1) is 36.6 Å². The topological polar surface area (TPSA) is 130 Å². The smallest absolute Gasteiger partial charge is 0.212 e. The van der Waals surface area contributed by atoms with Crippen molar-refractivity contribution in [2.75, 3.05) is 20.3 Å². The maximum Gasteiger partial charge on any atom is 0.212 e. The SMILES string of the molecule is COc1cccc(-c2ccc(-c3nc4c(C#N)c(O[C@@H]5CO[C@H]6[C@@H]5OC[C@H]6O)[nH]c4cc3Cl)cc2)c1O. The molecule has 3 N–H and O–H groups in total. The molecule has 0 spiro atoms. The number of aromatic amines is 1. The number of ether oxygens (including phenoxy) is 4. The number of hydrogen-bond donors (Lipinski definition) is 3. The summed E-state index contributed by atoms with van der Waals surface area (Å²) in [4.78, 5) is 7.79. The fourth-order valence-corrected chi connectivity index (χ4v) is 5.15. The average Bonchev–Trinajstić information content (AvgIpc) is 3.58. The Kier molecular flexibility index (Phi) is 5.89. The van der Waals surface area contributed by atoms with Crippen molar-refractivity contribution in [3.05, 3.63) is 59.1 Å². The Hall–Kier alpha value is -3.81. The molecule has 0 unspecified atom stereocenters. The van der Waals surface area contributed by atoms with Crippen LogP contribution in [0, 0.1) is 11.3 Å². The van der Waals surface area contributed by atoms with E-state index in [-0.39, 0.29) is 30.4 Å². The minimum Gasteiger partial charge on any atom is -0.504 e.